The molecule has 1 fully saturated rings. The van der Waals surface area contributed by atoms with E-state index in [9.17, 15) is 19.5 Å². The molecule has 3 atom stereocenters. The molecule has 2 amide bonds. The number of methoxy groups -OCH3 is 1. The van der Waals surface area contributed by atoms with Gasteiger partial charge in [0, 0.05) is 19.1 Å². The first-order chi connectivity index (χ1) is 16.8. The van der Waals surface area contributed by atoms with Crippen LogP contribution in [0.4, 0.5) is 4.79 Å². The Labute approximate surface area is 205 Å². The summed E-state index contributed by atoms with van der Waals surface area (Å²) in [4.78, 5) is 37.3. The second-order valence-electron chi connectivity index (χ2n) is 9.59. The monoisotopic (exact) mass is 480 g/mol. The summed E-state index contributed by atoms with van der Waals surface area (Å²) in [6.07, 6.45) is 1.68. The van der Waals surface area contributed by atoms with Crippen molar-refractivity contribution in [2.75, 3.05) is 20.3 Å². The van der Waals surface area contributed by atoms with E-state index in [0.717, 1.165) is 28.7 Å². The molecule has 0 radical (unpaired) electrons. The van der Waals surface area contributed by atoms with Crippen LogP contribution in [0.5, 0.6) is 0 Å². The van der Waals surface area contributed by atoms with E-state index in [1.807, 2.05) is 36.4 Å². The van der Waals surface area contributed by atoms with Gasteiger partial charge in [-0.05, 0) is 48.4 Å². The van der Waals surface area contributed by atoms with Gasteiger partial charge < -0.3 is 25.2 Å². The lowest BCUT2D eigenvalue weighted by Crippen LogP contribution is -2.61. The highest BCUT2D eigenvalue weighted by atomic mass is 16.5. The van der Waals surface area contributed by atoms with Crippen molar-refractivity contribution in [2.24, 2.45) is 5.92 Å². The van der Waals surface area contributed by atoms with Crippen LogP contribution in [-0.2, 0) is 19.1 Å². The van der Waals surface area contributed by atoms with Crippen LogP contribution in [0.2, 0.25) is 0 Å². The number of alkyl carbamates (subject to hydrolysis) is 1. The molecule has 1 saturated carbocycles. The fourth-order valence-corrected chi connectivity index (χ4v) is 5.20. The summed E-state index contributed by atoms with van der Waals surface area (Å²) in [7, 11) is 1.45. The number of aliphatic carboxylic acids is 1. The number of fused-ring (bicyclic) bond motifs is 3. The molecule has 0 bridgehead atoms. The van der Waals surface area contributed by atoms with Crippen LogP contribution in [0.1, 0.15) is 49.7 Å². The van der Waals surface area contributed by atoms with Crippen molar-refractivity contribution in [3.63, 3.8) is 0 Å². The average molecular weight is 481 g/mol. The lowest BCUT2D eigenvalue weighted by molar-refractivity contribution is -0.143. The number of amides is 2. The molecule has 2 aromatic carbocycles. The SMILES string of the molecule is COCC(C)(NC(=O)OCC1c2ccccc2-c2ccccc21)C(=O)N[C@H]1CCC[C@@H](C(=O)O)C1. The van der Waals surface area contributed by atoms with Gasteiger partial charge in [-0.2, -0.15) is 0 Å². The van der Waals surface area contributed by atoms with Gasteiger partial charge in [-0.15, -0.1) is 0 Å². The maximum Gasteiger partial charge on any atom is 0.408 e. The fourth-order valence-electron chi connectivity index (χ4n) is 5.20. The molecule has 0 heterocycles. The summed E-state index contributed by atoms with van der Waals surface area (Å²) < 4.78 is 10.8. The van der Waals surface area contributed by atoms with E-state index in [1.165, 1.54) is 7.11 Å². The number of nitrogens with one attached hydrogen (secondary N) is 2. The molecule has 2 aliphatic carbocycles. The fraction of sp³-hybridized carbons (Fsp3) is 0.444. The van der Waals surface area contributed by atoms with E-state index in [1.54, 1.807) is 6.92 Å². The minimum absolute atomic E-state index is 0.0574. The highest BCUT2D eigenvalue weighted by Gasteiger charge is 2.39. The van der Waals surface area contributed by atoms with E-state index in [0.29, 0.717) is 19.3 Å². The van der Waals surface area contributed by atoms with Gasteiger partial charge in [-0.25, -0.2) is 4.79 Å². The molecule has 8 heteroatoms. The van der Waals surface area contributed by atoms with Crippen molar-refractivity contribution >= 4 is 18.0 Å². The lowest BCUT2D eigenvalue weighted by Gasteiger charge is -2.33. The Balaban J connectivity index is 1.40. The number of ether oxygens (including phenoxy) is 2. The van der Waals surface area contributed by atoms with Crippen LogP contribution in [0.25, 0.3) is 11.1 Å². The van der Waals surface area contributed by atoms with Crippen molar-refractivity contribution in [2.45, 2.75) is 50.1 Å². The summed E-state index contributed by atoms with van der Waals surface area (Å²) in [5, 5.41) is 14.9. The zero-order valence-electron chi connectivity index (χ0n) is 20.1. The molecule has 35 heavy (non-hydrogen) atoms. The van der Waals surface area contributed by atoms with E-state index >= 15 is 0 Å². The second-order valence-corrected chi connectivity index (χ2v) is 9.59. The number of carbonyl (C=O) groups is 3. The van der Waals surface area contributed by atoms with Gasteiger partial charge in [0.1, 0.15) is 12.1 Å². The molecular weight excluding hydrogens is 448 g/mol. The summed E-state index contributed by atoms with van der Waals surface area (Å²) in [6, 6.07) is 15.9. The standard InChI is InChI=1S/C27H32N2O6/c1-27(16-34-2,25(32)28-18-9-7-8-17(14-18)24(30)31)29-26(33)35-15-23-21-12-5-3-10-19(21)20-11-4-6-13-22(20)23/h3-6,10-13,17-18,23H,7-9,14-16H2,1-2H3,(H,28,32)(H,29,33)(H,30,31)/t17-,18+,27?/m1/s1. The van der Waals surface area contributed by atoms with Gasteiger partial charge in [0.05, 0.1) is 12.5 Å². The third-order valence-corrected chi connectivity index (χ3v) is 7.01. The van der Waals surface area contributed by atoms with E-state index in [4.69, 9.17) is 9.47 Å². The smallest absolute Gasteiger partial charge is 0.408 e. The topological polar surface area (TPSA) is 114 Å². The van der Waals surface area contributed by atoms with Crippen molar-refractivity contribution in [3.05, 3.63) is 59.7 Å². The first-order valence-corrected chi connectivity index (χ1v) is 12.0. The number of carbonyl (C=O) groups excluding carboxylic acids is 2. The quantitative estimate of drug-likeness (QED) is 0.531. The molecule has 2 aliphatic rings. The van der Waals surface area contributed by atoms with Crippen LogP contribution >= 0.6 is 0 Å². The molecule has 186 valence electrons. The van der Waals surface area contributed by atoms with Crippen LogP contribution in [0, 0.1) is 5.92 Å². The molecule has 8 nitrogen and oxygen atoms in total. The Morgan fingerprint density at radius 3 is 2.26 bits per heavy atom. The highest BCUT2D eigenvalue weighted by Crippen LogP contribution is 2.44. The zero-order valence-corrected chi connectivity index (χ0v) is 20.1. The molecule has 4 rings (SSSR count). The highest BCUT2D eigenvalue weighted by molar-refractivity contribution is 5.90. The zero-order chi connectivity index (χ0) is 25.0. The Kier molecular flexibility index (Phi) is 7.40. The van der Waals surface area contributed by atoms with Crippen molar-refractivity contribution in [3.8, 4) is 11.1 Å². The predicted molar refractivity (Wildman–Crippen MR) is 130 cm³/mol. The number of hydrogen-bond acceptors (Lipinski definition) is 5. The molecular formula is C27H32N2O6. The minimum atomic E-state index is -1.37. The van der Waals surface area contributed by atoms with Gasteiger partial charge in [0.2, 0.25) is 5.91 Å². The van der Waals surface area contributed by atoms with Crippen molar-refractivity contribution in [1.29, 1.82) is 0 Å². The first kappa shape index (κ1) is 24.7. The Morgan fingerprint density at radius 1 is 1.03 bits per heavy atom. The molecule has 0 spiro atoms. The van der Waals surface area contributed by atoms with Crippen LogP contribution < -0.4 is 10.6 Å². The second kappa shape index (κ2) is 10.5. The maximum absolute atomic E-state index is 13.1. The van der Waals surface area contributed by atoms with Crippen LogP contribution in [-0.4, -0.2) is 55.0 Å². The Hall–Kier alpha value is -3.39. The van der Waals surface area contributed by atoms with E-state index < -0.39 is 29.4 Å². The van der Waals surface area contributed by atoms with Gasteiger partial charge in [-0.1, -0.05) is 55.0 Å². The maximum atomic E-state index is 13.1. The normalized spacial score (nSPS) is 20.7. The summed E-state index contributed by atoms with van der Waals surface area (Å²) in [5.41, 5.74) is 3.10. The summed E-state index contributed by atoms with van der Waals surface area (Å²) in [6.45, 7) is 1.65. The molecule has 2 aromatic rings. The largest absolute Gasteiger partial charge is 0.481 e. The molecule has 0 aromatic heterocycles. The van der Waals surface area contributed by atoms with Gasteiger partial charge >= 0.3 is 12.1 Å². The summed E-state index contributed by atoms with van der Waals surface area (Å²) in [5.74, 6) is -1.84. The number of hydrogen-bond donors (Lipinski definition) is 3. The van der Waals surface area contributed by atoms with Crippen molar-refractivity contribution < 1.29 is 29.0 Å². The Bertz CT molecular complexity index is 1060. The van der Waals surface area contributed by atoms with E-state index in [-0.39, 0.29) is 25.2 Å². The average Bonchev–Trinajstić information content (AvgIpc) is 3.16. The number of rotatable bonds is 8. The third kappa shape index (κ3) is 5.32. The molecule has 3 N–H and O–H groups in total. The van der Waals surface area contributed by atoms with Gasteiger partial charge in [0.25, 0.3) is 0 Å². The molecule has 0 aliphatic heterocycles. The molecule has 0 saturated heterocycles. The van der Waals surface area contributed by atoms with Gasteiger partial charge in [-0.3, -0.25) is 9.59 Å². The van der Waals surface area contributed by atoms with E-state index in [2.05, 4.69) is 22.8 Å². The van der Waals surface area contributed by atoms with Crippen LogP contribution in [0.15, 0.2) is 48.5 Å². The lowest BCUT2D eigenvalue weighted by atomic mass is 9.85. The number of carboxylic acid groups (broad SMARTS) is 1. The minimum Gasteiger partial charge on any atom is -0.481 e. The predicted octanol–water partition coefficient (Wildman–Crippen LogP) is 3.69. The van der Waals surface area contributed by atoms with Crippen molar-refractivity contribution in [1.82, 2.24) is 10.6 Å². The number of benzene rings is 2. The first-order valence-electron chi connectivity index (χ1n) is 12.0. The van der Waals surface area contributed by atoms with Gasteiger partial charge in [0.15, 0.2) is 0 Å². The Morgan fingerprint density at radius 2 is 1.66 bits per heavy atom. The third-order valence-electron chi connectivity index (χ3n) is 7.01. The number of carboxylic acids is 1. The van der Waals surface area contributed by atoms with Crippen LogP contribution in [0.3, 0.4) is 0 Å². The molecule has 1 unspecified atom stereocenters. The summed E-state index contributed by atoms with van der Waals surface area (Å²) >= 11 is 0.